The largest absolute Gasteiger partial charge is 0.352 e. The minimum atomic E-state index is -2.52. The van der Waals surface area contributed by atoms with Crippen LogP contribution in [0, 0.1) is 0 Å². The van der Waals surface area contributed by atoms with E-state index in [-0.39, 0.29) is 0 Å². The van der Waals surface area contributed by atoms with Gasteiger partial charge in [-0.2, -0.15) is 0 Å². The first-order valence-corrected chi connectivity index (χ1v) is 25.2. The molecule has 242 valence electrons. The van der Waals surface area contributed by atoms with Gasteiger partial charge in [-0.3, -0.25) is 4.57 Å². The molecule has 6 aliphatic rings. The Morgan fingerprint density at radius 1 is 0.310 bits per heavy atom. The van der Waals surface area contributed by atoms with E-state index in [1.165, 1.54) is 193 Å². The minimum absolute atomic E-state index is 0.741. The van der Waals surface area contributed by atoms with Gasteiger partial charge in [0.05, 0.1) is 0 Å². The number of rotatable bonds is 10. The molecule has 3 nitrogen and oxygen atoms in total. The molecule has 0 atom stereocenters. The van der Waals surface area contributed by atoms with Gasteiger partial charge in [-0.1, -0.05) is 193 Å². The summed E-state index contributed by atoms with van der Waals surface area (Å²) in [5.74, 6) is 0. The van der Waals surface area contributed by atoms with E-state index >= 15 is 4.57 Å². The van der Waals surface area contributed by atoms with Gasteiger partial charge in [-0.25, -0.2) is 0 Å². The standard InChI is InChI=1S/C36H67O3PSi2/c37-40(38-41(31-19-7-1-8-20-31,32-21-9-2-10-22-32)33-23-11-3-12-24-33)39-42(34-25-13-4-14-26-34,35-27-15-5-16-28-35)36-29-17-6-18-30-36/h31-36,40H,1-30H2. The molecule has 0 N–H and O–H groups in total. The van der Waals surface area contributed by atoms with E-state index in [1.807, 2.05) is 0 Å². The minimum Gasteiger partial charge on any atom is -0.352 e. The fraction of sp³-hybridized carbons (Fsp3) is 1.00. The van der Waals surface area contributed by atoms with E-state index in [1.54, 1.807) is 0 Å². The molecule has 0 aliphatic heterocycles. The summed E-state index contributed by atoms with van der Waals surface area (Å²) in [6.45, 7) is 0. The maximum atomic E-state index is 15.1. The second-order valence-corrected chi connectivity index (χ2v) is 26.6. The normalized spacial score (nSPS) is 28.4. The van der Waals surface area contributed by atoms with Gasteiger partial charge in [0.25, 0.3) is 8.25 Å². The Hall–Kier alpha value is 0.584. The van der Waals surface area contributed by atoms with Crippen LogP contribution in [0.2, 0.25) is 33.2 Å². The molecule has 6 heteroatoms. The van der Waals surface area contributed by atoms with E-state index in [0.29, 0.717) is 0 Å². The van der Waals surface area contributed by atoms with Gasteiger partial charge < -0.3 is 8.43 Å². The van der Waals surface area contributed by atoms with Crippen LogP contribution in [0.3, 0.4) is 0 Å². The first-order chi connectivity index (χ1) is 20.7. The van der Waals surface area contributed by atoms with Gasteiger partial charge in [0, 0.05) is 0 Å². The lowest BCUT2D eigenvalue weighted by Gasteiger charge is -2.54. The van der Waals surface area contributed by atoms with Gasteiger partial charge in [0.2, 0.25) is 16.6 Å². The number of hydrogen-bond acceptors (Lipinski definition) is 3. The fourth-order valence-corrected chi connectivity index (χ4v) is 30.8. The van der Waals surface area contributed by atoms with Crippen molar-refractivity contribution in [2.45, 2.75) is 226 Å². The van der Waals surface area contributed by atoms with Crippen molar-refractivity contribution in [2.75, 3.05) is 0 Å². The zero-order valence-electron chi connectivity index (χ0n) is 27.4. The van der Waals surface area contributed by atoms with Crippen LogP contribution < -0.4 is 0 Å². The van der Waals surface area contributed by atoms with E-state index in [4.69, 9.17) is 8.43 Å². The molecule has 6 aliphatic carbocycles. The lowest BCUT2D eigenvalue weighted by atomic mass is 9.98. The first kappa shape index (κ1) is 32.5. The summed E-state index contributed by atoms with van der Waals surface area (Å²) in [5.41, 5.74) is 4.45. The molecule has 0 bridgehead atoms. The zero-order valence-corrected chi connectivity index (χ0v) is 30.4. The summed E-state index contributed by atoms with van der Waals surface area (Å²) in [5, 5.41) is 0. The highest BCUT2D eigenvalue weighted by molar-refractivity contribution is 7.38. The predicted octanol–water partition coefficient (Wildman–Crippen LogP) is 13.3. The van der Waals surface area contributed by atoms with Crippen LogP contribution in [-0.4, -0.2) is 16.6 Å². The van der Waals surface area contributed by atoms with E-state index in [9.17, 15) is 0 Å². The molecule has 0 spiro atoms. The molecule has 6 rings (SSSR count). The van der Waals surface area contributed by atoms with Crippen LogP contribution >= 0.6 is 8.25 Å². The summed E-state index contributed by atoms with van der Waals surface area (Å²) in [6.07, 6.45) is 41.4. The molecular formula is C36H67O3PSi2. The summed E-state index contributed by atoms with van der Waals surface area (Å²) >= 11 is 0. The van der Waals surface area contributed by atoms with Crippen LogP contribution in [0.25, 0.3) is 0 Å². The van der Waals surface area contributed by atoms with Crippen molar-refractivity contribution in [2.24, 2.45) is 0 Å². The Labute approximate surface area is 263 Å². The average Bonchev–Trinajstić information content (AvgIpc) is 3.08. The molecule has 6 saturated carbocycles. The van der Waals surface area contributed by atoms with Crippen molar-refractivity contribution >= 4 is 24.9 Å². The third-order valence-electron chi connectivity index (χ3n) is 14.0. The van der Waals surface area contributed by atoms with Crippen LogP contribution in [-0.2, 0) is 13.0 Å². The van der Waals surface area contributed by atoms with Crippen LogP contribution in [0.4, 0.5) is 0 Å². The second kappa shape index (κ2) is 15.9. The Morgan fingerprint density at radius 2 is 0.476 bits per heavy atom. The fourth-order valence-electron chi connectivity index (χ4n) is 12.1. The van der Waals surface area contributed by atoms with Gasteiger partial charge in [-0.15, -0.1) is 0 Å². The molecule has 0 amide bonds. The van der Waals surface area contributed by atoms with Crippen molar-refractivity contribution in [1.29, 1.82) is 0 Å². The van der Waals surface area contributed by atoms with Crippen molar-refractivity contribution in [3.05, 3.63) is 0 Å². The Morgan fingerprint density at radius 3 is 0.643 bits per heavy atom. The molecule has 0 radical (unpaired) electrons. The highest BCUT2D eigenvalue weighted by Gasteiger charge is 2.59. The second-order valence-electron chi connectivity index (χ2n) is 16.2. The number of hydrogen-bond donors (Lipinski definition) is 0. The molecule has 0 aromatic rings. The molecule has 0 aromatic heterocycles. The van der Waals surface area contributed by atoms with Gasteiger partial charge in [-0.05, 0) is 33.2 Å². The SMILES string of the molecule is O=[PH](O[Si](C1CCCCC1)(C1CCCCC1)C1CCCCC1)O[Si](C1CCCCC1)(C1CCCCC1)C1CCCCC1. The smallest absolute Gasteiger partial charge is 0.299 e. The monoisotopic (exact) mass is 634 g/mol. The summed E-state index contributed by atoms with van der Waals surface area (Å²) in [4.78, 5) is 0. The Balaban J connectivity index is 1.36. The molecule has 42 heavy (non-hydrogen) atoms. The molecule has 6 fully saturated rings. The molecule has 0 heterocycles. The third-order valence-corrected chi connectivity index (χ3v) is 29.3. The topological polar surface area (TPSA) is 35.5 Å². The lowest BCUT2D eigenvalue weighted by Crippen LogP contribution is -2.55. The highest BCUT2D eigenvalue weighted by atomic mass is 31.1. The van der Waals surface area contributed by atoms with Crippen LogP contribution in [0.5, 0.6) is 0 Å². The van der Waals surface area contributed by atoms with Crippen molar-refractivity contribution in [1.82, 2.24) is 0 Å². The molecule has 0 aromatic carbocycles. The zero-order chi connectivity index (χ0) is 28.7. The highest BCUT2D eigenvalue weighted by Crippen LogP contribution is 2.64. The van der Waals surface area contributed by atoms with Crippen molar-refractivity contribution in [3.63, 3.8) is 0 Å². The van der Waals surface area contributed by atoms with Crippen LogP contribution in [0.1, 0.15) is 193 Å². The summed E-state index contributed by atoms with van der Waals surface area (Å²) < 4.78 is 30.5. The summed E-state index contributed by atoms with van der Waals surface area (Å²) in [7, 11) is -7.07. The molecule has 0 saturated heterocycles. The Bertz CT molecular complexity index is 660. The Kier molecular flexibility index (Phi) is 12.3. The lowest BCUT2D eigenvalue weighted by molar-refractivity contribution is 0.301. The quantitative estimate of drug-likeness (QED) is 0.177. The predicted molar refractivity (Wildman–Crippen MR) is 184 cm³/mol. The van der Waals surface area contributed by atoms with Crippen molar-refractivity contribution in [3.8, 4) is 0 Å². The van der Waals surface area contributed by atoms with Crippen molar-refractivity contribution < 1.29 is 13.0 Å². The van der Waals surface area contributed by atoms with Gasteiger partial charge >= 0.3 is 0 Å². The van der Waals surface area contributed by atoms with E-state index in [0.717, 1.165) is 33.2 Å². The summed E-state index contributed by atoms with van der Waals surface area (Å²) in [6, 6.07) is 0. The van der Waals surface area contributed by atoms with Gasteiger partial charge in [0.1, 0.15) is 0 Å². The van der Waals surface area contributed by atoms with Crippen LogP contribution in [0.15, 0.2) is 0 Å². The maximum Gasteiger partial charge on any atom is 0.299 e. The average molecular weight is 635 g/mol. The van der Waals surface area contributed by atoms with E-state index in [2.05, 4.69) is 0 Å². The van der Waals surface area contributed by atoms with E-state index < -0.39 is 24.9 Å². The molecule has 0 unspecified atom stereocenters. The first-order valence-electron chi connectivity index (χ1n) is 19.7. The molecular weight excluding hydrogens is 568 g/mol. The third kappa shape index (κ3) is 7.11. The maximum absolute atomic E-state index is 15.1. The van der Waals surface area contributed by atoms with Gasteiger partial charge in [0.15, 0.2) is 0 Å².